The highest BCUT2D eigenvalue weighted by Gasteiger charge is 2.56. The van der Waals surface area contributed by atoms with Crippen LogP contribution in [0.5, 0.6) is 0 Å². The molecule has 1 spiro atoms. The molecule has 1 saturated heterocycles. The topological polar surface area (TPSA) is 27.1 Å². The van der Waals surface area contributed by atoms with Gasteiger partial charge in [0.05, 0.1) is 17.3 Å². The van der Waals surface area contributed by atoms with Gasteiger partial charge in [0, 0.05) is 17.7 Å². The SMILES string of the molecule is CC=C(C)c1cc(C(C)(C)C)n(C2CCOC23CC3)n1. The second-order valence-electron chi connectivity index (χ2n) is 7.30. The van der Waals surface area contributed by atoms with Crippen molar-refractivity contribution < 1.29 is 4.74 Å². The third-order valence-electron chi connectivity index (χ3n) is 4.77. The van der Waals surface area contributed by atoms with Crippen LogP contribution in [-0.2, 0) is 10.2 Å². The van der Waals surface area contributed by atoms with Gasteiger partial charge in [-0.1, -0.05) is 26.8 Å². The first-order valence-corrected chi connectivity index (χ1v) is 7.75. The van der Waals surface area contributed by atoms with Crippen LogP contribution in [-0.4, -0.2) is 22.0 Å². The highest BCUT2D eigenvalue weighted by atomic mass is 16.5. The second-order valence-corrected chi connectivity index (χ2v) is 7.30. The molecule has 0 radical (unpaired) electrons. The van der Waals surface area contributed by atoms with Crippen molar-refractivity contribution in [1.82, 2.24) is 9.78 Å². The van der Waals surface area contributed by atoms with Gasteiger partial charge in [-0.3, -0.25) is 4.68 Å². The quantitative estimate of drug-likeness (QED) is 0.812. The molecule has 1 aromatic rings. The van der Waals surface area contributed by atoms with E-state index in [1.165, 1.54) is 24.1 Å². The van der Waals surface area contributed by atoms with E-state index in [-0.39, 0.29) is 11.0 Å². The Balaban J connectivity index is 2.07. The summed E-state index contributed by atoms with van der Waals surface area (Å²) in [4.78, 5) is 0. The molecule has 110 valence electrons. The van der Waals surface area contributed by atoms with Crippen LogP contribution in [0.1, 0.15) is 71.3 Å². The highest BCUT2D eigenvalue weighted by molar-refractivity contribution is 5.60. The zero-order valence-corrected chi connectivity index (χ0v) is 13.4. The molecule has 1 aliphatic carbocycles. The summed E-state index contributed by atoms with van der Waals surface area (Å²) in [6.45, 7) is 11.9. The minimum atomic E-state index is 0.104. The molecular weight excluding hydrogens is 248 g/mol. The summed E-state index contributed by atoms with van der Waals surface area (Å²) in [7, 11) is 0. The van der Waals surface area contributed by atoms with E-state index < -0.39 is 0 Å². The Morgan fingerprint density at radius 1 is 1.45 bits per heavy atom. The molecule has 20 heavy (non-hydrogen) atoms. The minimum absolute atomic E-state index is 0.104. The highest BCUT2D eigenvalue weighted by Crippen LogP contribution is 2.54. The maximum absolute atomic E-state index is 6.01. The first-order valence-electron chi connectivity index (χ1n) is 7.75. The largest absolute Gasteiger partial charge is 0.373 e. The van der Waals surface area contributed by atoms with Crippen LogP contribution in [0.2, 0.25) is 0 Å². The summed E-state index contributed by atoms with van der Waals surface area (Å²) in [5.74, 6) is 0. The smallest absolute Gasteiger partial charge is 0.0908 e. The van der Waals surface area contributed by atoms with Crippen LogP contribution < -0.4 is 0 Å². The van der Waals surface area contributed by atoms with Gasteiger partial charge in [0.1, 0.15) is 0 Å². The van der Waals surface area contributed by atoms with Gasteiger partial charge in [-0.2, -0.15) is 5.10 Å². The summed E-state index contributed by atoms with van der Waals surface area (Å²) in [5.41, 5.74) is 3.90. The molecule has 3 nitrogen and oxygen atoms in total. The van der Waals surface area contributed by atoms with E-state index in [0.717, 1.165) is 18.7 Å². The zero-order valence-electron chi connectivity index (χ0n) is 13.4. The normalized spacial score (nSPS) is 25.4. The lowest BCUT2D eigenvalue weighted by Crippen LogP contribution is -2.28. The fourth-order valence-corrected chi connectivity index (χ4v) is 3.21. The summed E-state index contributed by atoms with van der Waals surface area (Å²) >= 11 is 0. The van der Waals surface area contributed by atoms with E-state index in [2.05, 4.69) is 51.4 Å². The second kappa shape index (κ2) is 4.45. The van der Waals surface area contributed by atoms with E-state index in [4.69, 9.17) is 9.84 Å². The van der Waals surface area contributed by atoms with Crippen LogP contribution in [0.25, 0.3) is 5.57 Å². The predicted octanol–water partition coefficient (Wildman–Crippen LogP) is 4.10. The number of allylic oxidation sites excluding steroid dienone is 2. The third kappa shape index (κ3) is 2.12. The average Bonchev–Trinajstić information content (AvgIpc) is 2.84. The maximum Gasteiger partial charge on any atom is 0.0908 e. The standard InChI is InChI=1S/C17H26N2O/c1-6-12(2)13-11-15(16(3,4)5)19(18-13)14-7-10-20-17(14)8-9-17/h6,11,14H,7-10H2,1-5H3. The van der Waals surface area contributed by atoms with Gasteiger partial charge in [-0.15, -0.1) is 0 Å². The lowest BCUT2D eigenvalue weighted by Gasteiger charge is -2.26. The fraction of sp³-hybridized carbons (Fsp3) is 0.706. The summed E-state index contributed by atoms with van der Waals surface area (Å²) in [6, 6.07) is 2.69. The summed E-state index contributed by atoms with van der Waals surface area (Å²) < 4.78 is 8.29. The molecule has 0 bridgehead atoms. The maximum atomic E-state index is 6.01. The molecule has 2 fully saturated rings. The van der Waals surface area contributed by atoms with Crippen molar-refractivity contribution in [1.29, 1.82) is 0 Å². The Morgan fingerprint density at radius 3 is 2.70 bits per heavy atom. The Kier molecular flexibility index (Phi) is 3.09. The van der Waals surface area contributed by atoms with Crippen LogP contribution in [0.15, 0.2) is 12.1 Å². The van der Waals surface area contributed by atoms with Gasteiger partial charge in [0.2, 0.25) is 0 Å². The van der Waals surface area contributed by atoms with Crippen molar-refractivity contribution >= 4 is 5.57 Å². The monoisotopic (exact) mass is 274 g/mol. The van der Waals surface area contributed by atoms with Crippen molar-refractivity contribution in [3.8, 4) is 0 Å². The Hall–Kier alpha value is -1.09. The van der Waals surface area contributed by atoms with E-state index >= 15 is 0 Å². The lowest BCUT2D eigenvalue weighted by atomic mass is 9.90. The van der Waals surface area contributed by atoms with Crippen LogP contribution in [0.4, 0.5) is 0 Å². The Morgan fingerprint density at radius 2 is 2.15 bits per heavy atom. The van der Waals surface area contributed by atoms with Crippen molar-refractivity contribution in [3.05, 3.63) is 23.5 Å². The number of nitrogens with zero attached hydrogens (tertiary/aromatic N) is 2. The van der Waals surface area contributed by atoms with Gasteiger partial charge in [0.25, 0.3) is 0 Å². The molecule has 1 saturated carbocycles. The number of ether oxygens (including phenoxy) is 1. The van der Waals surface area contributed by atoms with Crippen molar-refractivity contribution in [3.63, 3.8) is 0 Å². The van der Waals surface area contributed by atoms with E-state index in [1.54, 1.807) is 0 Å². The molecule has 3 rings (SSSR count). The van der Waals surface area contributed by atoms with Gasteiger partial charge in [-0.05, 0) is 44.7 Å². The van der Waals surface area contributed by atoms with Gasteiger partial charge in [-0.25, -0.2) is 0 Å². The van der Waals surface area contributed by atoms with Crippen molar-refractivity contribution in [2.75, 3.05) is 6.61 Å². The molecule has 2 heterocycles. The van der Waals surface area contributed by atoms with Crippen molar-refractivity contribution in [2.45, 2.75) is 70.9 Å². The molecule has 0 amide bonds. The Bertz CT molecular complexity index is 544. The van der Waals surface area contributed by atoms with E-state index in [0.29, 0.717) is 6.04 Å². The fourth-order valence-electron chi connectivity index (χ4n) is 3.21. The van der Waals surface area contributed by atoms with Gasteiger partial charge >= 0.3 is 0 Å². The molecular formula is C17H26N2O. The number of hydrogen-bond acceptors (Lipinski definition) is 2. The number of aromatic nitrogens is 2. The van der Waals surface area contributed by atoms with Crippen LogP contribution in [0, 0.1) is 0 Å². The minimum Gasteiger partial charge on any atom is -0.373 e. The first kappa shape index (κ1) is 13.9. The molecule has 3 heteroatoms. The molecule has 2 aliphatic rings. The number of rotatable bonds is 2. The van der Waals surface area contributed by atoms with Crippen LogP contribution >= 0.6 is 0 Å². The zero-order chi connectivity index (χ0) is 14.5. The molecule has 1 atom stereocenters. The molecule has 0 aromatic carbocycles. The van der Waals surface area contributed by atoms with Gasteiger partial charge < -0.3 is 4.74 Å². The van der Waals surface area contributed by atoms with Gasteiger partial charge in [0.15, 0.2) is 0 Å². The lowest BCUT2D eigenvalue weighted by molar-refractivity contribution is 0.0667. The number of hydrogen-bond donors (Lipinski definition) is 0. The molecule has 1 unspecified atom stereocenters. The molecule has 1 aromatic heterocycles. The predicted molar refractivity (Wildman–Crippen MR) is 81.8 cm³/mol. The summed E-state index contributed by atoms with van der Waals surface area (Å²) in [6.07, 6.45) is 5.62. The first-order chi connectivity index (χ1) is 9.37. The third-order valence-corrected chi connectivity index (χ3v) is 4.77. The molecule has 1 aliphatic heterocycles. The average molecular weight is 274 g/mol. The Labute approximate surface area is 122 Å². The van der Waals surface area contributed by atoms with Crippen molar-refractivity contribution in [2.24, 2.45) is 0 Å². The summed E-state index contributed by atoms with van der Waals surface area (Å²) in [5, 5.41) is 4.93. The van der Waals surface area contributed by atoms with E-state index in [9.17, 15) is 0 Å². The van der Waals surface area contributed by atoms with Crippen LogP contribution in [0.3, 0.4) is 0 Å². The molecule has 0 N–H and O–H groups in total. The van der Waals surface area contributed by atoms with E-state index in [1.807, 2.05) is 0 Å².